The van der Waals surface area contributed by atoms with Gasteiger partial charge < -0.3 is 10.1 Å². The number of carbonyl (C=O) groups is 1. The first-order chi connectivity index (χ1) is 7.49. The smallest absolute Gasteiger partial charge is 0.407 e. The summed E-state index contributed by atoms with van der Waals surface area (Å²) in [4.78, 5) is 11.3. The van der Waals surface area contributed by atoms with E-state index in [0.717, 1.165) is 0 Å². The average molecular weight is 286 g/mol. The van der Waals surface area contributed by atoms with Gasteiger partial charge in [-0.2, -0.15) is 0 Å². The molecule has 0 aliphatic heterocycles. The van der Waals surface area contributed by atoms with Crippen molar-refractivity contribution in [1.29, 1.82) is 0 Å². The first-order valence-corrected chi connectivity index (χ1v) is 7.86. The summed E-state index contributed by atoms with van der Waals surface area (Å²) in [5.41, 5.74) is -0.535. The number of halogens is 1. The maximum atomic E-state index is 11.3. The Morgan fingerprint density at radius 1 is 1.41 bits per heavy atom. The molecule has 1 atom stereocenters. The largest absolute Gasteiger partial charge is 0.444 e. The maximum Gasteiger partial charge on any atom is 0.407 e. The lowest BCUT2D eigenvalue weighted by atomic mass is 10.1. The standard InChI is InChI=1S/C10H20ClNO4S/c1-8(5-6-17(11,14)15)7-12-9(13)16-10(2,3)4/h8H,5-7H2,1-4H3,(H,12,13). The molecule has 0 bridgehead atoms. The van der Waals surface area contributed by atoms with Gasteiger partial charge in [-0.05, 0) is 33.1 Å². The van der Waals surface area contributed by atoms with Crippen LogP contribution in [0.4, 0.5) is 4.79 Å². The lowest BCUT2D eigenvalue weighted by molar-refractivity contribution is 0.0520. The zero-order chi connectivity index (χ0) is 13.7. The fourth-order valence-electron chi connectivity index (χ4n) is 1.02. The second-order valence-electron chi connectivity index (χ2n) is 5.02. The highest BCUT2D eigenvalue weighted by Crippen LogP contribution is 2.08. The van der Waals surface area contributed by atoms with Crippen LogP contribution in [0.3, 0.4) is 0 Å². The van der Waals surface area contributed by atoms with Gasteiger partial charge in [0.05, 0.1) is 5.75 Å². The molecule has 0 aliphatic carbocycles. The summed E-state index contributed by atoms with van der Waals surface area (Å²) in [5, 5.41) is 2.58. The minimum Gasteiger partial charge on any atom is -0.444 e. The third-order valence-electron chi connectivity index (χ3n) is 1.85. The zero-order valence-corrected chi connectivity index (χ0v) is 12.2. The van der Waals surface area contributed by atoms with Crippen LogP contribution in [0.15, 0.2) is 0 Å². The van der Waals surface area contributed by atoms with Crippen LogP contribution in [-0.2, 0) is 13.8 Å². The molecule has 0 heterocycles. The van der Waals surface area contributed by atoms with Crippen LogP contribution in [0, 0.1) is 5.92 Å². The Morgan fingerprint density at radius 3 is 2.35 bits per heavy atom. The Hall–Kier alpha value is -0.490. The molecule has 0 aromatic carbocycles. The number of hydrogen-bond acceptors (Lipinski definition) is 4. The molecular formula is C10H20ClNO4S. The van der Waals surface area contributed by atoms with Crippen molar-refractivity contribution in [2.24, 2.45) is 5.92 Å². The first-order valence-electron chi connectivity index (χ1n) is 5.39. The highest BCUT2D eigenvalue weighted by atomic mass is 35.7. The molecule has 1 unspecified atom stereocenters. The topological polar surface area (TPSA) is 72.5 Å². The molecule has 7 heteroatoms. The summed E-state index contributed by atoms with van der Waals surface area (Å²) in [6.07, 6.45) is -0.0974. The van der Waals surface area contributed by atoms with Gasteiger partial charge >= 0.3 is 6.09 Å². The van der Waals surface area contributed by atoms with Crippen molar-refractivity contribution < 1.29 is 17.9 Å². The van der Waals surface area contributed by atoms with Crippen LogP contribution in [0.25, 0.3) is 0 Å². The SMILES string of the molecule is CC(CCS(=O)(=O)Cl)CNC(=O)OC(C)(C)C. The van der Waals surface area contributed by atoms with E-state index in [-0.39, 0.29) is 11.7 Å². The molecule has 1 N–H and O–H groups in total. The number of amides is 1. The van der Waals surface area contributed by atoms with Crippen molar-refractivity contribution in [2.75, 3.05) is 12.3 Å². The molecule has 0 aromatic rings. The molecule has 1 amide bonds. The first kappa shape index (κ1) is 16.5. The summed E-state index contributed by atoms with van der Waals surface area (Å²) in [6, 6.07) is 0. The van der Waals surface area contributed by atoms with Crippen molar-refractivity contribution in [2.45, 2.75) is 39.7 Å². The molecule has 0 aliphatic rings. The van der Waals surface area contributed by atoms with Crippen molar-refractivity contribution >= 4 is 25.8 Å². The monoisotopic (exact) mass is 285 g/mol. The van der Waals surface area contributed by atoms with E-state index >= 15 is 0 Å². The molecule has 0 saturated heterocycles. The third kappa shape index (κ3) is 11.8. The lowest BCUT2D eigenvalue weighted by Crippen LogP contribution is -2.35. The molecular weight excluding hydrogens is 266 g/mol. The summed E-state index contributed by atoms with van der Waals surface area (Å²) in [7, 11) is 1.63. The minimum atomic E-state index is -3.46. The van der Waals surface area contributed by atoms with E-state index in [1.54, 1.807) is 20.8 Å². The molecule has 17 heavy (non-hydrogen) atoms. The van der Waals surface area contributed by atoms with Crippen LogP contribution >= 0.6 is 10.7 Å². The highest BCUT2D eigenvalue weighted by Gasteiger charge is 2.17. The van der Waals surface area contributed by atoms with Gasteiger partial charge in [0.1, 0.15) is 5.60 Å². The van der Waals surface area contributed by atoms with Gasteiger partial charge in [0.15, 0.2) is 0 Å². The Labute approximate surface area is 107 Å². The Kier molecular flexibility index (Phi) is 6.26. The maximum absolute atomic E-state index is 11.3. The molecule has 5 nitrogen and oxygen atoms in total. The number of ether oxygens (including phenoxy) is 1. The third-order valence-corrected chi connectivity index (χ3v) is 3.03. The molecule has 0 aromatic heterocycles. The number of alkyl carbamates (subject to hydrolysis) is 1. The summed E-state index contributed by atoms with van der Waals surface area (Å²) >= 11 is 0. The Bertz CT molecular complexity index is 348. The highest BCUT2D eigenvalue weighted by molar-refractivity contribution is 8.13. The van der Waals surface area contributed by atoms with E-state index in [2.05, 4.69) is 5.32 Å². The Morgan fingerprint density at radius 2 is 1.94 bits per heavy atom. The molecule has 0 radical (unpaired) electrons. The van der Waals surface area contributed by atoms with Gasteiger partial charge in [0.25, 0.3) is 0 Å². The Balaban J connectivity index is 3.85. The van der Waals surface area contributed by atoms with Crippen LogP contribution < -0.4 is 5.32 Å². The van der Waals surface area contributed by atoms with Crippen LogP contribution in [0.5, 0.6) is 0 Å². The van der Waals surface area contributed by atoms with Crippen molar-refractivity contribution in [3.8, 4) is 0 Å². The second kappa shape index (κ2) is 6.44. The van der Waals surface area contributed by atoms with E-state index in [4.69, 9.17) is 15.4 Å². The minimum absolute atomic E-state index is 0.0241. The molecule has 102 valence electrons. The lowest BCUT2D eigenvalue weighted by Gasteiger charge is -2.20. The predicted octanol–water partition coefficient (Wildman–Crippen LogP) is 2.11. The quantitative estimate of drug-likeness (QED) is 0.785. The van der Waals surface area contributed by atoms with Gasteiger partial charge in [-0.1, -0.05) is 6.92 Å². The summed E-state index contributed by atoms with van der Waals surface area (Å²) < 4.78 is 26.5. The van der Waals surface area contributed by atoms with Gasteiger partial charge in [0.2, 0.25) is 9.05 Å². The molecule has 0 rings (SSSR count). The van der Waals surface area contributed by atoms with Gasteiger partial charge in [0, 0.05) is 17.2 Å². The predicted molar refractivity (Wildman–Crippen MR) is 67.7 cm³/mol. The second-order valence-corrected chi connectivity index (χ2v) is 7.92. The van der Waals surface area contributed by atoms with E-state index in [9.17, 15) is 13.2 Å². The normalized spacial score (nSPS) is 14.2. The van der Waals surface area contributed by atoms with E-state index in [1.165, 1.54) is 0 Å². The molecule has 0 saturated carbocycles. The molecule has 0 fully saturated rings. The number of nitrogens with one attached hydrogen (secondary N) is 1. The molecule has 0 spiro atoms. The van der Waals surface area contributed by atoms with Gasteiger partial charge in [-0.3, -0.25) is 0 Å². The number of carbonyl (C=O) groups excluding carboxylic acids is 1. The van der Waals surface area contributed by atoms with E-state index in [1.807, 2.05) is 6.92 Å². The number of rotatable bonds is 5. The number of hydrogen-bond donors (Lipinski definition) is 1. The fraction of sp³-hybridized carbons (Fsp3) is 0.900. The van der Waals surface area contributed by atoms with Crippen LogP contribution in [0.1, 0.15) is 34.1 Å². The van der Waals surface area contributed by atoms with E-state index in [0.29, 0.717) is 13.0 Å². The fourth-order valence-corrected chi connectivity index (χ4v) is 1.97. The van der Waals surface area contributed by atoms with E-state index < -0.39 is 20.7 Å². The van der Waals surface area contributed by atoms with Gasteiger partial charge in [-0.25, -0.2) is 13.2 Å². The van der Waals surface area contributed by atoms with Crippen molar-refractivity contribution in [3.63, 3.8) is 0 Å². The van der Waals surface area contributed by atoms with Crippen molar-refractivity contribution in [3.05, 3.63) is 0 Å². The zero-order valence-electron chi connectivity index (χ0n) is 10.6. The summed E-state index contributed by atoms with van der Waals surface area (Å²) in [5.74, 6) is -0.0674. The van der Waals surface area contributed by atoms with Crippen LogP contribution in [0.2, 0.25) is 0 Å². The average Bonchev–Trinajstić information content (AvgIpc) is 2.07. The van der Waals surface area contributed by atoms with Crippen LogP contribution in [-0.4, -0.2) is 32.4 Å². The van der Waals surface area contributed by atoms with Gasteiger partial charge in [-0.15, -0.1) is 0 Å². The summed E-state index contributed by atoms with van der Waals surface area (Å²) in [6.45, 7) is 7.52. The van der Waals surface area contributed by atoms with Crippen molar-refractivity contribution in [1.82, 2.24) is 5.32 Å².